The molecule has 5 heteroatoms. The number of hydrogen-bond acceptors (Lipinski definition) is 3. The third kappa shape index (κ3) is 2.91. The number of anilines is 1. The number of rotatable bonds is 2. The smallest absolute Gasteiger partial charge is 0.244 e. The Kier molecular flexibility index (Phi) is 3.82. The first kappa shape index (κ1) is 13.5. The van der Waals surface area contributed by atoms with Crippen molar-refractivity contribution < 1.29 is 9.18 Å². The lowest BCUT2D eigenvalue weighted by molar-refractivity contribution is -0.122. The lowest BCUT2D eigenvalue weighted by Gasteiger charge is -2.33. The zero-order valence-corrected chi connectivity index (χ0v) is 10.8. The second-order valence-corrected chi connectivity index (χ2v) is 4.98. The molecular formula is C14H16FN3O. The number of carbonyl (C=O) groups is 1. The summed E-state index contributed by atoms with van der Waals surface area (Å²) >= 11 is 0. The molecule has 100 valence electrons. The number of carbonyl (C=O) groups excluding carboxylic acids is 1. The molecule has 1 amide bonds. The Morgan fingerprint density at radius 3 is 2.95 bits per heavy atom. The minimum Gasteiger partial charge on any atom is -0.324 e. The van der Waals surface area contributed by atoms with Crippen LogP contribution in [-0.2, 0) is 4.79 Å². The van der Waals surface area contributed by atoms with Gasteiger partial charge in [0.2, 0.25) is 5.91 Å². The Morgan fingerprint density at radius 2 is 2.32 bits per heavy atom. The summed E-state index contributed by atoms with van der Waals surface area (Å²) in [6.45, 7) is 2.67. The molecule has 0 aromatic heterocycles. The molecule has 0 spiro atoms. The van der Waals surface area contributed by atoms with E-state index in [1.807, 2.05) is 6.92 Å². The van der Waals surface area contributed by atoms with Gasteiger partial charge in [-0.15, -0.1) is 0 Å². The minimum absolute atomic E-state index is 0.0699. The molecule has 1 heterocycles. The van der Waals surface area contributed by atoms with Crippen molar-refractivity contribution in [2.24, 2.45) is 0 Å². The van der Waals surface area contributed by atoms with Crippen LogP contribution in [0.3, 0.4) is 0 Å². The average molecular weight is 261 g/mol. The van der Waals surface area contributed by atoms with Crippen molar-refractivity contribution >= 4 is 11.6 Å². The molecule has 1 aliphatic rings. The fourth-order valence-corrected chi connectivity index (χ4v) is 2.21. The number of benzene rings is 1. The van der Waals surface area contributed by atoms with Crippen molar-refractivity contribution in [3.8, 4) is 6.07 Å². The minimum atomic E-state index is -0.598. The van der Waals surface area contributed by atoms with E-state index in [9.17, 15) is 9.18 Å². The van der Waals surface area contributed by atoms with Crippen LogP contribution in [0.5, 0.6) is 0 Å². The first-order chi connectivity index (χ1) is 9.05. The molecule has 19 heavy (non-hydrogen) atoms. The molecule has 1 aromatic carbocycles. The Labute approximate surface area is 111 Å². The normalized spacial score (nSPS) is 22.6. The predicted octanol–water partition coefficient (Wildman–Crippen LogP) is 2.17. The van der Waals surface area contributed by atoms with Crippen LogP contribution in [0.4, 0.5) is 10.1 Å². The zero-order chi connectivity index (χ0) is 13.9. The van der Waals surface area contributed by atoms with Gasteiger partial charge in [-0.05, 0) is 50.9 Å². The molecule has 4 nitrogen and oxygen atoms in total. The van der Waals surface area contributed by atoms with Crippen LogP contribution >= 0.6 is 0 Å². The molecule has 1 unspecified atom stereocenters. The fraction of sp³-hybridized carbons (Fsp3) is 0.429. The maximum Gasteiger partial charge on any atom is 0.244 e. The van der Waals surface area contributed by atoms with Gasteiger partial charge >= 0.3 is 0 Å². The number of nitriles is 1. The molecule has 1 aromatic rings. The third-order valence-corrected chi connectivity index (χ3v) is 3.46. The molecule has 0 saturated carbocycles. The van der Waals surface area contributed by atoms with Gasteiger partial charge in [0.25, 0.3) is 0 Å². The highest BCUT2D eigenvalue weighted by Crippen LogP contribution is 2.21. The van der Waals surface area contributed by atoms with Crippen LogP contribution in [-0.4, -0.2) is 18.0 Å². The summed E-state index contributed by atoms with van der Waals surface area (Å²) < 4.78 is 13.2. The average Bonchev–Trinajstić information content (AvgIpc) is 2.41. The quantitative estimate of drug-likeness (QED) is 0.857. The van der Waals surface area contributed by atoms with Gasteiger partial charge in [0.1, 0.15) is 11.9 Å². The van der Waals surface area contributed by atoms with E-state index >= 15 is 0 Å². The van der Waals surface area contributed by atoms with Gasteiger partial charge in [-0.1, -0.05) is 0 Å². The molecule has 1 aliphatic heterocycles. The van der Waals surface area contributed by atoms with Gasteiger partial charge in [-0.3, -0.25) is 4.79 Å². The van der Waals surface area contributed by atoms with Crippen molar-refractivity contribution in [2.45, 2.75) is 31.7 Å². The summed E-state index contributed by atoms with van der Waals surface area (Å²) in [4.78, 5) is 12.2. The summed E-state index contributed by atoms with van der Waals surface area (Å²) in [6, 6.07) is 5.75. The first-order valence-electron chi connectivity index (χ1n) is 6.31. The van der Waals surface area contributed by atoms with Crippen molar-refractivity contribution in [2.75, 3.05) is 11.9 Å². The van der Waals surface area contributed by atoms with Gasteiger partial charge in [-0.25, -0.2) is 4.39 Å². The Balaban J connectivity index is 2.13. The number of nitrogens with zero attached hydrogens (tertiary/aromatic N) is 1. The van der Waals surface area contributed by atoms with E-state index in [4.69, 9.17) is 5.26 Å². The molecule has 0 radical (unpaired) electrons. The highest BCUT2D eigenvalue weighted by Gasteiger charge is 2.34. The van der Waals surface area contributed by atoms with E-state index in [-0.39, 0.29) is 11.5 Å². The van der Waals surface area contributed by atoms with E-state index in [1.165, 1.54) is 18.2 Å². The van der Waals surface area contributed by atoms with Gasteiger partial charge in [0.05, 0.1) is 11.1 Å². The van der Waals surface area contributed by atoms with Crippen molar-refractivity contribution in [1.82, 2.24) is 5.32 Å². The Morgan fingerprint density at radius 1 is 1.53 bits per heavy atom. The molecule has 1 atom stereocenters. The van der Waals surface area contributed by atoms with Gasteiger partial charge in [-0.2, -0.15) is 5.26 Å². The van der Waals surface area contributed by atoms with Crippen LogP contribution in [0.15, 0.2) is 18.2 Å². The van der Waals surface area contributed by atoms with Crippen LogP contribution < -0.4 is 10.6 Å². The van der Waals surface area contributed by atoms with Crippen LogP contribution in [0.25, 0.3) is 0 Å². The van der Waals surface area contributed by atoms with Crippen molar-refractivity contribution in [3.63, 3.8) is 0 Å². The van der Waals surface area contributed by atoms with Gasteiger partial charge < -0.3 is 10.6 Å². The second kappa shape index (κ2) is 5.37. The summed E-state index contributed by atoms with van der Waals surface area (Å²) in [5, 5.41) is 14.7. The first-order valence-corrected chi connectivity index (χ1v) is 6.31. The maximum atomic E-state index is 13.2. The number of piperidine rings is 1. The standard InChI is InChI=1S/C14H16FN3O/c1-14(6-2-3-7-17-14)13(19)18-11-4-5-12(15)10(8-11)9-16/h4-5,8,17H,2-3,6-7H2,1H3,(H,18,19). The lowest BCUT2D eigenvalue weighted by atomic mass is 9.90. The van der Waals surface area contributed by atoms with E-state index in [1.54, 1.807) is 6.07 Å². The largest absolute Gasteiger partial charge is 0.324 e. The van der Waals surface area contributed by atoms with E-state index in [2.05, 4.69) is 10.6 Å². The summed E-state index contributed by atoms with van der Waals surface area (Å²) in [6.07, 6.45) is 2.84. The van der Waals surface area contributed by atoms with Gasteiger partial charge in [0, 0.05) is 5.69 Å². The second-order valence-electron chi connectivity index (χ2n) is 4.98. The molecule has 0 aliphatic carbocycles. The number of hydrogen-bond donors (Lipinski definition) is 2. The summed E-state index contributed by atoms with van der Waals surface area (Å²) in [7, 11) is 0. The number of amides is 1. The molecule has 2 rings (SSSR count). The predicted molar refractivity (Wildman–Crippen MR) is 70.0 cm³/mol. The van der Waals surface area contributed by atoms with E-state index in [0.29, 0.717) is 5.69 Å². The highest BCUT2D eigenvalue weighted by molar-refractivity contribution is 5.98. The van der Waals surface area contributed by atoms with Crippen molar-refractivity contribution in [3.05, 3.63) is 29.6 Å². The lowest BCUT2D eigenvalue weighted by Crippen LogP contribution is -2.54. The monoisotopic (exact) mass is 261 g/mol. The van der Waals surface area contributed by atoms with Gasteiger partial charge in [0.15, 0.2) is 0 Å². The van der Waals surface area contributed by atoms with Crippen LogP contribution in [0.2, 0.25) is 0 Å². The SMILES string of the molecule is CC1(C(=O)Nc2ccc(F)c(C#N)c2)CCCCN1. The van der Waals surface area contributed by atoms with Crippen LogP contribution in [0.1, 0.15) is 31.7 Å². The third-order valence-electron chi connectivity index (χ3n) is 3.46. The summed E-state index contributed by atoms with van der Waals surface area (Å²) in [5.74, 6) is -0.731. The summed E-state index contributed by atoms with van der Waals surface area (Å²) in [5.41, 5.74) is -0.226. The molecule has 1 saturated heterocycles. The maximum absolute atomic E-state index is 13.2. The number of nitrogens with one attached hydrogen (secondary N) is 2. The van der Waals surface area contributed by atoms with E-state index < -0.39 is 11.4 Å². The number of halogens is 1. The Bertz CT molecular complexity index is 530. The highest BCUT2D eigenvalue weighted by atomic mass is 19.1. The van der Waals surface area contributed by atoms with Crippen LogP contribution in [0, 0.1) is 17.1 Å². The van der Waals surface area contributed by atoms with Crippen molar-refractivity contribution in [1.29, 1.82) is 5.26 Å². The molecular weight excluding hydrogens is 245 g/mol. The molecule has 2 N–H and O–H groups in total. The van der Waals surface area contributed by atoms with E-state index in [0.717, 1.165) is 25.8 Å². The Hall–Kier alpha value is -1.93. The zero-order valence-electron chi connectivity index (χ0n) is 10.8. The fourth-order valence-electron chi connectivity index (χ4n) is 2.21. The topological polar surface area (TPSA) is 64.9 Å². The molecule has 0 bridgehead atoms. The molecule has 1 fully saturated rings.